The van der Waals surface area contributed by atoms with E-state index in [-0.39, 0.29) is 5.91 Å². The Hall–Kier alpha value is -2.48. The second kappa shape index (κ2) is 7.64. The van der Waals surface area contributed by atoms with E-state index < -0.39 is 0 Å². The molecule has 4 rings (SSSR count). The zero-order chi connectivity index (χ0) is 18.8. The molecule has 0 unspecified atom stereocenters. The van der Waals surface area contributed by atoms with Gasteiger partial charge >= 0.3 is 0 Å². The lowest BCUT2D eigenvalue weighted by atomic mass is 9.99. The molecule has 3 aromatic rings. The summed E-state index contributed by atoms with van der Waals surface area (Å²) in [7, 11) is 1.85. The highest BCUT2D eigenvalue weighted by atomic mass is 79.9. The van der Waals surface area contributed by atoms with Gasteiger partial charge in [0.15, 0.2) is 5.65 Å². The van der Waals surface area contributed by atoms with E-state index in [0.717, 1.165) is 42.8 Å². The van der Waals surface area contributed by atoms with Gasteiger partial charge in [0.05, 0.1) is 5.39 Å². The Kier molecular flexibility index (Phi) is 5.07. The maximum Gasteiger partial charge on any atom is 0.222 e. The molecule has 0 spiro atoms. The Labute approximate surface area is 165 Å². The van der Waals surface area contributed by atoms with Crippen molar-refractivity contribution < 1.29 is 4.79 Å². The second-order valence-electron chi connectivity index (χ2n) is 6.70. The van der Waals surface area contributed by atoms with Crippen molar-refractivity contribution in [3.05, 3.63) is 46.3 Å². The molecule has 0 saturated carbocycles. The molecular weight excluding hydrogens is 408 g/mol. The zero-order valence-corrected chi connectivity index (χ0v) is 16.7. The smallest absolute Gasteiger partial charge is 0.222 e. The highest BCUT2D eigenvalue weighted by Gasteiger charge is 2.20. The minimum atomic E-state index is 0.210. The van der Waals surface area contributed by atoms with Crippen LogP contribution in [0.1, 0.15) is 24.0 Å². The van der Waals surface area contributed by atoms with E-state index in [9.17, 15) is 4.79 Å². The number of amides is 1. The van der Waals surface area contributed by atoms with E-state index in [2.05, 4.69) is 54.5 Å². The van der Waals surface area contributed by atoms with Crippen molar-refractivity contribution in [1.29, 1.82) is 0 Å². The molecule has 0 fully saturated rings. The number of aryl methyl sites for hydroxylation is 1. The molecule has 8 heteroatoms. The number of nitrogens with one attached hydrogen (secondary N) is 1. The largest absolute Gasteiger partial charge is 0.369 e. The molecule has 1 amide bonds. The van der Waals surface area contributed by atoms with Crippen molar-refractivity contribution in [3.63, 3.8) is 0 Å². The summed E-state index contributed by atoms with van der Waals surface area (Å²) in [5.74, 6) is 0.945. The molecule has 1 aliphatic rings. The highest BCUT2D eigenvalue weighted by Crippen LogP contribution is 2.26. The summed E-state index contributed by atoms with van der Waals surface area (Å²) in [4.78, 5) is 23.1. The first-order valence-corrected chi connectivity index (χ1v) is 9.84. The molecule has 1 aliphatic heterocycles. The van der Waals surface area contributed by atoms with Crippen LogP contribution >= 0.6 is 15.9 Å². The number of nitrogens with zero attached hydrogens (tertiary/aromatic N) is 5. The van der Waals surface area contributed by atoms with E-state index in [1.54, 1.807) is 4.68 Å². The minimum Gasteiger partial charge on any atom is -0.369 e. The van der Waals surface area contributed by atoms with Gasteiger partial charge in [-0.05, 0) is 39.9 Å². The SMILES string of the molecule is Cn1nc(Br)c2c(NCCCC(=O)N3CCc4ccccc4C3)ncnc21. The van der Waals surface area contributed by atoms with Gasteiger partial charge in [-0.25, -0.2) is 14.6 Å². The van der Waals surface area contributed by atoms with Crippen LogP contribution in [-0.4, -0.2) is 43.6 Å². The van der Waals surface area contributed by atoms with Crippen LogP contribution < -0.4 is 5.32 Å². The predicted octanol–water partition coefficient (Wildman–Crippen LogP) is 2.90. The molecule has 27 heavy (non-hydrogen) atoms. The summed E-state index contributed by atoms with van der Waals surface area (Å²) in [5.41, 5.74) is 3.39. The first-order valence-electron chi connectivity index (χ1n) is 9.05. The Morgan fingerprint density at radius 3 is 2.93 bits per heavy atom. The van der Waals surface area contributed by atoms with Crippen LogP contribution in [0, 0.1) is 0 Å². The van der Waals surface area contributed by atoms with E-state index in [1.165, 1.54) is 17.5 Å². The molecule has 2 aromatic heterocycles. The van der Waals surface area contributed by atoms with Gasteiger partial charge in [-0.15, -0.1) is 0 Å². The lowest BCUT2D eigenvalue weighted by Crippen LogP contribution is -2.36. The Bertz CT molecular complexity index is 985. The number of hydrogen-bond acceptors (Lipinski definition) is 5. The maximum atomic E-state index is 12.5. The van der Waals surface area contributed by atoms with Crippen LogP contribution in [0.4, 0.5) is 5.82 Å². The number of fused-ring (bicyclic) bond motifs is 2. The summed E-state index contributed by atoms with van der Waals surface area (Å²) in [5, 5.41) is 8.49. The number of anilines is 1. The van der Waals surface area contributed by atoms with Crippen molar-refractivity contribution in [2.75, 3.05) is 18.4 Å². The first kappa shape index (κ1) is 17.9. The molecule has 0 aliphatic carbocycles. The molecule has 140 valence electrons. The monoisotopic (exact) mass is 428 g/mol. The number of rotatable bonds is 5. The minimum absolute atomic E-state index is 0.210. The molecule has 3 heterocycles. The van der Waals surface area contributed by atoms with Gasteiger partial charge in [0.1, 0.15) is 16.7 Å². The zero-order valence-electron chi connectivity index (χ0n) is 15.2. The van der Waals surface area contributed by atoms with Gasteiger partial charge < -0.3 is 10.2 Å². The number of halogens is 1. The summed E-state index contributed by atoms with van der Waals surface area (Å²) in [6.07, 6.45) is 3.74. The summed E-state index contributed by atoms with van der Waals surface area (Å²) in [6, 6.07) is 8.37. The first-order chi connectivity index (χ1) is 13.1. The molecule has 0 atom stereocenters. The van der Waals surface area contributed by atoms with Crippen LogP contribution in [0.2, 0.25) is 0 Å². The molecule has 0 saturated heterocycles. The van der Waals surface area contributed by atoms with E-state index in [1.807, 2.05) is 18.0 Å². The Balaban J connectivity index is 1.31. The van der Waals surface area contributed by atoms with Crippen molar-refractivity contribution in [1.82, 2.24) is 24.6 Å². The van der Waals surface area contributed by atoms with Crippen LogP contribution in [0.15, 0.2) is 35.2 Å². The standard InChI is InChI=1S/C19H21BrN6O/c1-25-19-16(17(20)24-25)18(22-12-23-19)21-9-4-7-15(27)26-10-8-13-5-2-3-6-14(13)11-26/h2-3,5-6,12H,4,7-11H2,1H3,(H,21,22,23). The Morgan fingerprint density at radius 1 is 1.26 bits per heavy atom. The normalized spacial score (nSPS) is 13.6. The fraction of sp³-hybridized carbons (Fsp3) is 0.368. The molecule has 1 aromatic carbocycles. The topological polar surface area (TPSA) is 75.9 Å². The van der Waals surface area contributed by atoms with E-state index in [4.69, 9.17) is 0 Å². The molecular formula is C19H21BrN6O. The van der Waals surface area contributed by atoms with Gasteiger partial charge in [-0.2, -0.15) is 5.10 Å². The average Bonchev–Trinajstić information content (AvgIpc) is 2.99. The number of aromatic nitrogens is 4. The molecule has 1 N–H and O–H groups in total. The van der Waals surface area contributed by atoms with Crippen molar-refractivity contribution in [3.8, 4) is 0 Å². The fourth-order valence-corrected chi connectivity index (χ4v) is 4.09. The summed E-state index contributed by atoms with van der Waals surface area (Å²) < 4.78 is 2.43. The second-order valence-corrected chi connectivity index (χ2v) is 7.45. The lowest BCUT2D eigenvalue weighted by Gasteiger charge is -2.29. The van der Waals surface area contributed by atoms with Crippen LogP contribution in [0.3, 0.4) is 0 Å². The van der Waals surface area contributed by atoms with Crippen molar-refractivity contribution >= 4 is 38.7 Å². The highest BCUT2D eigenvalue weighted by molar-refractivity contribution is 9.10. The predicted molar refractivity (Wildman–Crippen MR) is 107 cm³/mol. The van der Waals surface area contributed by atoms with E-state index >= 15 is 0 Å². The van der Waals surface area contributed by atoms with Crippen molar-refractivity contribution in [2.24, 2.45) is 7.05 Å². The molecule has 0 radical (unpaired) electrons. The average molecular weight is 429 g/mol. The van der Waals surface area contributed by atoms with Gasteiger partial charge in [0.25, 0.3) is 0 Å². The van der Waals surface area contributed by atoms with Gasteiger partial charge in [-0.1, -0.05) is 24.3 Å². The lowest BCUT2D eigenvalue weighted by molar-refractivity contribution is -0.132. The third kappa shape index (κ3) is 3.66. The third-order valence-corrected chi connectivity index (χ3v) is 5.48. The maximum absolute atomic E-state index is 12.5. The number of carbonyl (C=O) groups excluding carboxylic acids is 1. The number of benzene rings is 1. The van der Waals surface area contributed by atoms with Gasteiger partial charge in [-0.3, -0.25) is 4.79 Å². The molecule has 0 bridgehead atoms. The van der Waals surface area contributed by atoms with Crippen LogP contribution in [0.5, 0.6) is 0 Å². The summed E-state index contributed by atoms with van der Waals surface area (Å²) in [6.45, 7) is 2.19. The number of hydrogen-bond donors (Lipinski definition) is 1. The Morgan fingerprint density at radius 2 is 2.07 bits per heavy atom. The van der Waals surface area contributed by atoms with Crippen LogP contribution in [-0.2, 0) is 24.8 Å². The third-order valence-electron chi connectivity index (χ3n) is 4.92. The fourth-order valence-electron chi connectivity index (χ4n) is 3.49. The van der Waals surface area contributed by atoms with Crippen LogP contribution in [0.25, 0.3) is 11.0 Å². The molecule has 7 nitrogen and oxygen atoms in total. The summed E-state index contributed by atoms with van der Waals surface area (Å²) >= 11 is 3.45. The van der Waals surface area contributed by atoms with Gasteiger partial charge in [0, 0.05) is 33.1 Å². The van der Waals surface area contributed by atoms with E-state index in [0.29, 0.717) is 17.6 Å². The quantitative estimate of drug-likeness (QED) is 0.632. The number of carbonyl (C=O) groups is 1. The van der Waals surface area contributed by atoms with Gasteiger partial charge in [0.2, 0.25) is 5.91 Å². The van der Waals surface area contributed by atoms with Crippen molar-refractivity contribution in [2.45, 2.75) is 25.8 Å².